The molecule has 0 fully saturated rings. The SMILES string of the molecule is [O-][n+]1c2c(-c3ccccc3)c3ccc([nH]3)c(-c3ccccc3)c3nc(c(-c4ccccc4)c4ccc([nH]4)c(-c4ccccc4)c1C=C2)[C@H](O)[C@@H]3O. The van der Waals surface area contributed by atoms with Gasteiger partial charge in [-0.15, -0.1) is 0 Å². The minimum absolute atomic E-state index is 0.344. The van der Waals surface area contributed by atoms with E-state index in [0.717, 1.165) is 49.1 Å². The molecular formula is C44H32N4O3. The highest BCUT2D eigenvalue weighted by Gasteiger charge is 2.34. The van der Waals surface area contributed by atoms with Crippen molar-refractivity contribution in [2.75, 3.05) is 0 Å². The summed E-state index contributed by atoms with van der Waals surface area (Å²) in [5.41, 5.74) is 10.6. The van der Waals surface area contributed by atoms with Crippen LogP contribution in [0.2, 0.25) is 0 Å². The molecule has 0 radical (unpaired) electrons. The first-order chi connectivity index (χ1) is 25.1. The minimum Gasteiger partial charge on any atom is -0.618 e. The van der Waals surface area contributed by atoms with Gasteiger partial charge in [-0.1, -0.05) is 121 Å². The zero-order valence-corrected chi connectivity index (χ0v) is 27.4. The van der Waals surface area contributed by atoms with Crippen molar-refractivity contribution in [3.8, 4) is 44.5 Å². The Hall–Kier alpha value is -6.54. The van der Waals surface area contributed by atoms with Gasteiger partial charge in [0.05, 0.1) is 33.5 Å². The molecule has 0 aliphatic carbocycles. The van der Waals surface area contributed by atoms with E-state index in [1.807, 2.05) is 158 Å². The second-order valence-corrected chi connectivity index (χ2v) is 12.7. The Kier molecular flexibility index (Phi) is 7.42. The van der Waals surface area contributed by atoms with E-state index in [0.29, 0.717) is 44.9 Å². The minimum atomic E-state index is -1.31. The third-order valence-electron chi connectivity index (χ3n) is 9.66. The molecule has 0 amide bonds. The predicted octanol–water partition coefficient (Wildman–Crippen LogP) is 9.16. The van der Waals surface area contributed by atoms with Crippen LogP contribution in [0.4, 0.5) is 0 Å². The van der Waals surface area contributed by atoms with E-state index in [9.17, 15) is 15.4 Å². The van der Waals surface area contributed by atoms with Crippen molar-refractivity contribution in [2.45, 2.75) is 12.2 Å². The number of aliphatic hydroxyl groups is 2. The Morgan fingerprint density at radius 1 is 0.431 bits per heavy atom. The van der Waals surface area contributed by atoms with Crippen molar-refractivity contribution >= 4 is 34.2 Å². The fraction of sp³-hybridized carbons (Fsp3) is 0.0455. The molecule has 0 saturated carbocycles. The number of nitrogens with zero attached hydrogens (tertiary/aromatic N) is 2. The van der Waals surface area contributed by atoms with Gasteiger partial charge in [0.25, 0.3) is 0 Å². The zero-order chi connectivity index (χ0) is 34.5. The lowest BCUT2D eigenvalue weighted by Gasteiger charge is -2.13. The predicted molar refractivity (Wildman–Crippen MR) is 203 cm³/mol. The highest BCUT2D eigenvalue weighted by Crippen LogP contribution is 2.44. The number of nitrogens with one attached hydrogen (secondary N) is 2. The second-order valence-electron chi connectivity index (χ2n) is 12.7. The van der Waals surface area contributed by atoms with Crippen molar-refractivity contribution < 1.29 is 14.9 Å². The lowest BCUT2D eigenvalue weighted by molar-refractivity contribution is -0.605. The number of hydrogen-bond donors (Lipinski definition) is 4. The van der Waals surface area contributed by atoms with E-state index in [1.54, 1.807) is 0 Å². The number of rotatable bonds is 4. The summed E-state index contributed by atoms with van der Waals surface area (Å²) >= 11 is 0. The number of fused-ring (bicyclic) bond motifs is 8. The summed E-state index contributed by atoms with van der Waals surface area (Å²) < 4.78 is 1.01. The van der Waals surface area contributed by atoms with Gasteiger partial charge in [0, 0.05) is 34.3 Å². The summed E-state index contributed by atoms with van der Waals surface area (Å²) in [5, 5.41) is 38.4. The maximum absolute atomic E-state index is 14.7. The standard InChI is InChI=1S/C44H32N4O3/c49-43-41-39(29-17-9-3-10-18-29)33-23-21-31(45-33)37(27-13-5-1-6-14-27)35-25-26-36(48(35)51)38(28-15-7-2-8-16-28)32-22-24-34(46-32)40(42(47-41)44(43)50)30-19-11-4-12-20-30/h1-26,43-46,49-50H/t43-,44+. The molecule has 2 aliphatic rings. The third kappa shape index (κ3) is 5.15. The van der Waals surface area contributed by atoms with E-state index in [2.05, 4.69) is 9.97 Å². The molecule has 7 aromatic rings. The van der Waals surface area contributed by atoms with Crippen molar-refractivity contribution in [1.82, 2.24) is 15.0 Å². The van der Waals surface area contributed by atoms with Gasteiger partial charge in [0.2, 0.25) is 11.4 Å². The van der Waals surface area contributed by atoms with Gasteiger partial charge < -0.3 is 25.4 Å². The zero-order valence-electron chi connectivity index (χ0n) is 27.4. The maximum atomic E-state index is 14.7. The number of hydrogen-bond acceptors (Lipinski definition) is 4. The molecule has 9 rings (SSSR count). The van der Waals surface area contributed by atoms with Crippen LogP contribution in [0.5, 0.6) is 0 Å². The quantitative estimate of drug-likeness (QED) is 0.111. The molecule has 246 valence electrons. The highest BCUT2D eigenvalue weighted by molar-refractivity contribution is 5.96. The fourth-order valence-corrected chi connectivity index (χ4v) is 7.32. The highest BCUT2D eigenvalue weighted by atomic mass is 16.5. The molecule has 2 aliphatic heterocycles. The summed E-state index contributed by atoms with van der Waals surface area (Å²) in [6, 6.07) is 46.9. The molecule has 5 heterocycles. The molecule has 2 atom stereocenters. The van der Waals surface area contributed by atoms with E-state index in [-0.39, 0.29) is 0 Å². The van der Waals surface area contributed by atoms with Crippen molar-refractivity contribution in [3.63, 3.8) is 0 Å². The molecule has 4 aromatic carbocycles. The molecule has 0 unspecified atom stereocenters. The van der Waals surface area contributed by atoms with Crippen LogP contribution in [0.1, 0.15) is 35.0 Å². The van der Waals surface area contributed by atoms with Gasteiger partial charge in [-0.05, 0) is 46.5 Å². The Bertz CT molecular complexity index is 2430. The van der Waals surface area contributed by atoms with Crippen LogP contribution in [0, 0.1) is 5.21 Å². The first kappa shape index (κ1) is 30.5. The van der Waals surface area contributed by atoms with E-state index >= 15 is 0 Å². The van der Waals surface area contributed by atoms with Crippen molar-refractivity contribution in [1.29, 1.82) is 0 Å². The average molecular weight is 665 g/mol. The van der Waals surface area contributed by atoms with Gasteiger partial charge >= 0.3 is 0 Å². The molecule has 7 nitrogen and oxygen atoms in total. The van der Waals surface area contributed by atoms with Crippen molar-refractivity contribution in [2.24, 2.45) is 0 Å². The van der Waals surface area contributed by atoms with Gasteiger partial charge in [-0.25, -0.2) is 0 Å². The number of aromatic amines is 2. The summed E-state index contributed by atoms with van der Waals surface area (Å²) in [7, 11) is 0. The molecular weight excluding hydrogens is 633 g/mol. The van der Waals surface area contributed by atoms with Crippen LogP contribution in [0.3, 0.4) is 0 Å². The first-order valence-electron chi connectivity index (χ1n) is 16.9. The van der Waals surface area contributed by atoms with E-state index < -0.39 is 12.2 Å². The molecule has 8 bridgehead atoms. The van der Waals surface area contributed by atoms with Gasteiger partial charge in [0.15, 0.2) is 0 Å². The van der Waals surface area contributed by atoms with Crippen LogP contribution in [-0.4, -0.2) is 25.2 Å². The summed E-state index contributed by atoms with van der Waals surface area (Å²) in [5.74, 6) is 0. The average Bonchev–Trinajstić information content (AvgIpc) is 3.98. The van der Waals surface area contributed by atoms with Crippen LogP contribution in [0.25, 0.3) is 78.7 Å². The third-order valence-corrected chi connectivity index (χ3v) is 9.66. The normalized spacial score (nSPS) is 15.3. The Morgan fingerprint density at radius 2 is 0.725 bits per heavy atom. The summed E-state index contributed by atoms with van der Waals surface area (Å²) in [6.45, 7) is 0. The van der Waals surface area contributed by atoms with E-state index in [4.69, 9.17) is 4.98 Å². The lowest BCUT2D eigenvalue weighted by atomic mass is 9.97. The molecule has 7 heteroatoms. The second kappa shape index (κ2) is 12.4. The lowest BCUT2D eigenvalue weighted by Crippen LogP contribution is -2.31. The molecule has 0 saturated heterocycles. The molecule has 4 N–H and O–H groups in total. The topological polar surface area (TPSA) is 112 Å². The van der Waals surface area contributed by atoms with Crippen LogP contribution in [-0.2, 0) is 0 Å². The van der Waals surface area contributed by atoms with E-state index in [1.165, 1.54) is 0 Å². The van der Waals surface area contributed by atoms with Crippen LogP contribution < -0.4 is 4.73 Å². The molecule has 51 heavy (non-hydrogen) atoms. The summed E-state index contributed by atoms with van der Waals surface area (Å²) in [6.07, 6.45) is 1.13. The van der Waals surface area contributed by atoms with Gasteiger partial charge in [0.1, 0.15) is 12.2 Å². The molecule has 3 aromatic heterocycles. The number of aromatic nitrogens is 4. The Balaban J connectivity index is 1.53. The van der Waals surface area contributed by atoms with Crippen molar-refractivity contribution in [3.05, 3.63) is 174 Å². The monoisotopic (exact) mass is 664 g/mol. The number of aliphatic hydroxyl groups excluding tert-OH is 2. The van der Waals surface area contributed by atoms with Crippen LogP contribution >= 0.6 is 0 Å². The summed E-state index contributed by atoms with van der Waals surface area (Å²) in [4.78, 5) is 12.3. The number of benzene rings is 4. The number of H-pyrrole nitrogens is 2. The smallest absolute Gasteiger partial charge is 0.227 e. The Morgan fingerprint density at radius 3 is 1.06 bits per heavy atom. The van der Waals surface area contributed by atoms with Gasteiger partial charge in [-0.2, -0.15) is 4.73 Å². The maximum Gasteiger partial charge on any atom is 0.227 e. The van der Waals surface area contributed by atoms with Gasteiger partial charge in [-0.3, -0.25) is 4.98 Å². The fourth-order valence-electron chi connectivity index (χ4n) is 7.32. The first-order valence-corrected chi connectivity index (χ1v) is 16.9. The largest absolute Gasteiger partial charge is 0.618 e. The van der Waals surface area contributed by atoms with Crippen LogP contribution in [0.15, 0.2) is 146 Å². The Labute approximate surface area is 293 Å². The molecule has 0 spiro atoms.